The molecule has 0 unspecified atom stereocenters. The Labute approximate surface area is 640 Å². The van der Waals surface area contributed by atoms with E-state index in [2.05, 4.69) is 0 Å². The highest BCUT2D eigenvalue weighted by molar-refractivity contribution is 5.04. The molecule has 10 heterocycles. The highest BCUT2D eigenvalue weighted by Gasteiger charge is 2.62. The van der Waals surface area contributed by atoms with Crippen molar-refractivity contribution in [2.75, 3.05) is 66.0 Å². The van der Waals surface area contributed by atoms with Crippen LogP contribution in [-0.4, -0.2) is 521 Å². The molecule has 0 amide bonds. The van der Waals surface area contributed by atoms with Gasteiger partial charge in [0.05, 0.1) is 71.7 Å². The van der Waals surface area contributed by atoms with Crippen LogP contribution in [0.5, 0.6) is 0 Å². The van der Waals surface area contributed by atoms with Crippen LogP contribution in [0.1, 0.15) is 20.3 Å². The Morgan fingerprint density at radius 1 is 0.204 bits per heavy atom. The van der Waals surface area contributed by atoms with Gasteiger partial charge in [0.15, 0.2) is 62.9 Å². The second kappa shape index (κ2) is 40.8. The van der Waals surface area contributed by atoms with E-state index in [1.54, 1.807) is 0 Å². The Bertz CT molecular complexity index is 2830. The molecule has 10 aliphatic rings. The maximum atomic E-state index is 12.3. The van der Waals surface area contributed by atoms with Crippen LogP contribution in [0.3, 0.4) is 0 Å². The summed E-state index contributed by atoms with van der Waals surface area (Å²) >= 11 is 0. The van der Waals surface area contributed by atoms with Crippen LogP contribution < -0.4 is 5.73 Å². The number of aliphatic hydroxyl groups is 29. The van der Waals surface area contributed by atoms with Crippen molar-refractivity contribution in [1.82, 2.24) is 0 Å². The summed E-state index contributed by atoms with van der Waals surface area (Å²) in [5.41, 5.74) is 5.56. The molecule has 660 valence electrons. The van der Waals surface area contributed by atoms with Crippen LogP contribution in [0.2, 0.25) is 0 Å². The molecular formula is C63H109NO49. The monoisotopic (exact) mass is 1660 g/mol. The summed E-state index contributed by atoms with van der Waals surface area (Å²) in [4.78, 5) is 0. The molecule has 0 bridgehead atoms. The lowest BCUT2D eigenvalue weighted by atomic mass is 9.94. The van der Waals surface area contributed by atoms with E-state index in [0.717, 1.165) is 0 Å². The number of ether oxygens (including phenoxy) is 20. The highest BCUT2D eigenvalue weighted by atomic mass is 16.8. The van der Waals surface area contributed by atoms with Gasteiger partial charge in [0.1, 0.15) is 232 Å². The third-order valence-corrected chi connectivity index (χ3v) is 21.4. The first-order valence-electron chi connectivity index (χ1n) is 36.6. The second-order valence-corrected chi connectivity index (χ2v) is 28.9. The van der Waals surface area contributed by atoms with Crippen LogP contribution in [0.15, 0.2) is 0 Å². The molecule has 0 radical (unpaired) electrons. The van der Waals surface area contributed by atoms with Crippen molar-refractivity contribution in [3.05, 3.63) is 0 Å². The van der Waals surface area contributed by atoms with Gasteiger partial charge in [-0.15, -0.1) is 0 Å². The van der Waals surface area contributed by atoms with Crippen LogP contribution in [0.25, 0.3) is 0 Å². The molecule has 0 spiro atoms. The molecule has 50 heteroatoms. The van der Waals surface area contributed by atoms with Crippen LogP contribution in [0, 0.1) is 0 Å². The van der Waals surface area contributed by atoms with Crippen LogP contribution >= 0.6 is 0 Å². The maximum absolute atomic E-state index is 12.3. The van der Waals surface area contributed by atoms with Crippen molar-refractivity contribution in [3.63, 3.8) is 0 Å². The average Bonchev–Trinajstić information content (AvgIpc) is 0.744. The van der Waals surface area contributed by atoms with Gasteiger partial charge in [-0.3, -0.25) is 0 Å². The molecule has 10 fully saturated rings. The van der Waals surface area contributed by atoms with Crippen molar-refractivity contribution in [2.45, 2.75) is 327 Å². The van der Waals surface area contributed by atoms with E-state index in [1.165, 1.54) is 13.8 Å². The van der Waals surface area contributed by atoms with Gasteiger partial charge >= 0.3 is 0 Å². The van der Waals surface area contributed by atoms with Gasteiger partial charge in [-0.25, -0.2) is 0 Å². The topological polar surface area (TPSA) is 797 Å². The molecule has 0 aromatic rings. The van der Waals surface area contributed by atoms with E-state index in [0.29, 0.717) is 0 Å². The summed E-state index contributed by atoms with van der Waals surface area (Å²) in [5.74, 6) is 0. The van der Waals surface area contributed by atoms with Crippen LogP contribution in [-0.2, 0) is 94.7 Å². The Hall–Kier alpha value is -2.00. The lowest BCUT2D eigenvalue weighted by Crippen LogP contribution is -2.69. The van der Waals surface area contributed by atoms with Gasteiger partial charge in [0.2, 0.25) is 0 Å². The smallest absolute Gasteiger partial charge is 0.187 e. The van der Waals surface area contributed by atoms with Crippen molar-refractivity contribution in [2.24, 2.45) is 5.73 Å². The van der Waals surface area contributed by atoms with Gasteiger partial charge in [0, 0.05) is 0 Å². The first kappa shape index (κ1) is 93.3. The summed E-state index contributed by atoms with van der Waals surface area (Å²) in [7, 11) is 0. The quantitative estimate of drug-likeness (QED) is 0.0297. The summed E-state index contributed by atoms with van der Waals surface area (Å²) in [5, 5.41) is 323. The Morgan fingerprint density at radius 3 is 0.735 bits per heavy atom. The lowest BCUT2D eigenvalue weighted by Gasteiger charge is -2.51. The molecule has 50 nitrogen and oxygen atoms in total. The average molecular weight is 1660 g/mol. The minimum atomic E-state index is -2.50. The second-order valence-electron chi connectivity index (χ2n) is 28.9. The lowest BCUT2D eigenvalue weighted by molar-refractivity contribution is -0.415. The first-order chi connectivity index (χ1) is 53.7. The fourth-order valence-corrected chi connectivity index (χ4v) is 14.7. The Kier molecular flexibility index (Phi) is 33.7. The molecule has 113 heavy (non-hydrogen) atoms. The predicted octanol–water partition coefficient (Wildman–Crippen LogP) is -20.4. The van der Waals surface area contributed by atoms with Crippen LogP contribution in [0.4, 0.5) is 0 Å². The Morgan fingerprint density at radius 2 is 0.416 bits per heavy atom. The zero-order valence-electron chi connectivity index (χ0n) is 60.4. The van der Waals surface area contributed by atoms with Crippen molar-refractivity contribution in [3.8, 4) is 0 Å². The molecule has 0 aromatic carbocycles. The molecular weight excluding hydrogens is 1550 g/mol. The van der Waals surface area contributed by atoms with E-state index in [4.69, 9.17) is 100 Å². The van der Waals surface area contributed by atoms with Gasteiger partial charge in [-0.2, -0.15) is 0 Å². The van der Waals surface area contributed by atoms with E-state index in [9.17, 15) is 148 Å². The minimum Gasteiger partial charge on any atom is -0.394 e. The zero-order valence-corrected chi connectivity index (χ0v) is 60.4. The highest BCUT2D eigenvalue weighted by Crippen LogP contribution is 2.42. The van der Waals surface area contributed by atoms with E-state index in [1.807, 2.05) is 0 Å². The SMILES string of the molecule is C[C@@H]1O[C@@H](O[C@@H]2[C@@H](O)[C@H](OCCCN)O[C@H](CO)[C@H]2O)[C@H](O)[C@H](O[C@@H]2O[C@H](CO)[C@@H](O)[C@H](O[C@@H]3O[C@H](CO)[C@@H](O)[C@H](O[C@@H]4O[C@H](CO)[C@@H](O)[C@H](O[C@@H]5O[C@@H](C)[C@H](O)[C@@H](O[C@@H]6O[C@H](CO)[C@@H](O)[C@H](O[C@@H]7O[C@H](CO)[C@@H](O)[C@H](O)[C@@H]7O[C@H]7O[C@H](CO)[C@@H](O)[C@H](O)[C@@H]7O)[C@@H]6O)[C@H]5O)[C@H]4O)[C@@H]3O[C@H]3O[C@H](CO)[C@@H](O)[C@H](O)[C@@H]3O)[C@@H]2O)[C@H]1O. The summed E-state index contributed by atoms with van der Waals surface area (Å²) in [6.45, 7) is -6.09. The summed E-state index contributed by atoms with van der Waals surface area (Å²) < 4.78 is 116. The minimum absolute atomic E-state index is 0.0625. The molecule has 10 saturated heterocycles. The molecule has 0 aliphatic carbocycles. The van der Waals surface area contributed by atoms with E-state index >= 15 is 0 Å². The molecule has 0 aromatic heterocycles. The van der Waals surface area contributed by atoms with Gasteiger partial charge in [-0.1, -0.05) is 0 Å². The van der Waals surface area contributed by atoms with Gasteiger partial charge in [0.25, 0.3) is 0 Å². The zero-order chi connectivity index (χ0) is 82.8. The van der Waals surface area contributed by atoms with Gasteiger partial charge in [-0.05, 0) is 26.8 Å². The first-order valence-corrected chi connectivity index (χ1v) is 36.6. The number of aliphatic hydroxyl groups excluding tert-OH is 29. The fraction of sp³-hybridized carbons (Fsp3) is 1.00. The van der Waals surface area contributed by atoms with Crippen molar-refractivity contribution >= 4 is 0 Å². The van der Waals surface area contributed by atoms with E-state index < -0.39 is 360 Å². The number of hydrogen-bond acceptors (Lipinski definition) is 50. The molecule has 10 aliphatic heterocycles. The number of rotatable bonds is 30. The largest absolute Gasteiger partial charge is 0.394 e. The van der Waals surface area contributed by atoms with Crippen molar-refractivity contribution in [1.29, 1.82) is 0 Å². The molecule has 31 N–H and O–H groups in total. The standard InChI is InChI=1S/C63H109NO49/c1-14-24(73)45(40(89)57(95-14)107-47-29(78)19(9-68)97-54(39(47)88)94-5-3-4-64)106-60-44(93)50(32(81)22(12-71)101-60)110-63-53(113-56-38(87)35(84)27(76)17(7-66)99-56)51(33(82)23(13-72)104-63)111-61-42(91)48(30(79)20(10-69)102-61)108-58-41(90)46(25(74)15(2)96-58)105-59-43(92)49(31(80)21(11-70)100-59)109-62-52(36(85)28(77)18(8-67)103-62)112-55-37(86)34(83)26(75)16(6-65)98-55/h14-63,65-93H,3-13,64H2,1-2H3/t14-,15-,16+,17+,18+,19+,20+,21+,22+,23+,24-,25-,26+,27+,28+,29+,30+,31+,32+,33+,34-,35-,36-,37-,38-,39+,40+,41+,42+,43-,44-,45+,46+,47-,48-,49-,50-,51-,52-,53-,54+,55+,56+,57-,58-,59-,60-,61-,62-,63-/m0/s1. The third-order valence-electron chi connectivity index (χ3n) is 21.4. The normalized spacial score (nSPS) is 53.0. The predicted molar refractivity (Wildman–Crippen MR) is 344 cm³/mol. The maximum Gasteiger partial charge on any atom is 0.187 e. The third kappa shape index (κ3) is 19.7. The number of hydrogen-bond donors (Lipinski definition) is 30. The molecule has 50 atom stereocenters. The fourth-order valence-electron chi connectivity index (χ4n) is 14.7. The summed E-state index contributed by atoms with van der Waals surface area (Å²) in [6.07, 6.45) is -103. The summed E-state index contributed by atoms with van der Waals surface area (Å²) in [6, 6.07) is 0. The van der Waals surface area contributed by atoms with Gasteiger partial charge < -0.3 is 249 Å². The molecule has 0 saturated carbocycles. The number of nitrogens with two attached hydrogens (primary N) is 1. The Balaban J connectivity index is 0.889. The molecule has 10 rings (SSSR count). The van der Waals surface area contributed by atoms with Crippen molar-refractivity contribution < 1.29 is 243 Å². The van der Waals surface area contributed by atoms with E-state index in [-0.39, 0.29) is 19.6 Å².